The Kier molecular flexibility index (Phi) is 3.70. The van der Waals surface area contributed by atoms with E-state index in [0.717, 1.165) is 6.42 Å². The molecule has 0 radical (unpaired) electrons. The number of piperazine rings is 1. The SMILES string of the molecule is CCCOC(=O)C1CNC(=O)CN1. The largest absolute Gasteiger partial charge is 0.464 e. The lowest BCUT2D eigenvalue weighted by Gasteiger charge is -2.22. The van der Waals surface area contributed by atoms with Crippen molar-refractivity contribution < 1.29 is 14.3 Å². The van der Waals surface area contributed by atoms with Gasteiger partial charge in [0.25, 0.3) is 0 Å². The Hall–Kier alpha value is -1.10. The van der Waals surface area contributed by atoms with Gasteiger partial charge in [0.1, 0.15) is 6.04 Å². The summed E-state index contributed by atoms with van der Waals surface area (Å²) in [6, 6.07) is -0.385. The number of amides is 1. The van der Waals surface area contributed by atoms with Crippen LogP contribution < -0.4 is 10.6 Å². The number of ether oxygens (including phenoxy) is 1. The van der Waals surface area contributed by atoms with E-state index in [1.165, 1.54) is 0 Å². The van der Waals surface area contributed by atoms with Gasteiger partial charge in [-0.3, -0.25) is 14.9 Å². The maximum Gasteiger partial charge on any atom is 0.324 e. The molecule has 1 aliphatic heterocycles. The standard InChI is InChI=1S/C8H14N2O3/c1-2-3-13-8(12)6-4-10-7(11)5-9-6/h6,9H,2-5H2,1H3,(H,10,11). The first kappa shape index (κ1) is 9.98. The highest BCUT2D eigenvalue weighted by Gasteiger charge is 2.24. The first-order chi connectivity index (χ1) is 6.24. The maximum absolute atomic E-state index is 11.2. The van der Waals surface area contributed by atoms with Crippen molar-refractivity contribution in [2.24, 2.45) is 0 Å². The van der Waals surface area contributed by atoms with E-state index in [4.69, 9.17) is 4.74 Å². The molecule has 5 nitrogen and oxygen atoms in total. The average molecular weight is 186 g/mol. The number of rotatable bonds is 3. The van der Waals surface area contributed by atoms with Gasteiger partial charge >= 0.3 is 5.97 Å². The van der Waals surface area contributed by atoms with E-state index in [9.17, 15) is 9.59 Å². The summed E-state index contributed by atoms with van der Waals surface area (Å²) in [4.78, 5) is 21.9. The van der Waals surface area contributed by atoms with Gasteiger partial charge in [-0.2, -0.15) is 0 Å². The molecule has 0 aromatic carbocycles. The zero-order chi connectivity index (χ0) is 9.68. The molecule has 1 aliphatic rings. The van der Waals surface area contributed by atoms with Crippen LogP contribution in [0, 0.1) is 0 Å². The monoisotopic (exact) mass is 186 g/mol. The molecule has 1 amide bonds. The van der Waals surface area contributed by atoms with Gasteiger partial charge in [-0.15, -0.1) is 0 Å². The Morgan fingerprint density at radius 3 is 3.00 bits per heavy atom. The highest BCUT2D eigenvalue weighted by Crippen LogP contribution is 1.93. The molecule has 2 N–H and O–H groups in total. The molecule has 1 saturated heterocycles. The van der Waals surface area contributed by atoms with Crippen molar-refractivity contribution >= 4 is 11.9 Å². The maximum atomic E-state index is 11.2. The molecule has 0 bridgehead atoms. The Balaban J connectivity index is 2.27. The summed E-state index contributed by atoms with van der Waals surface area (Å²) in [5, 5.41) is 5.38. The van der Waals surface area contributed by atoms with Crippen LogP contribution in [-0.2, 0) is 14.3 Å². The zero-order valence-electron chi connectivity index (χ0n) is 7.63. The fourth-order valence-corrected chi connectivity index (χ4v) is 1.04. The Morgan fingerprint density at radius 2 is 2.46 bits per heavy atom. The van der Waals surface area contributed by atoms with Crippen LogP contribution in [0.1, 0.15) is 13.3 Å². The minimum absolute atomic E-state index is 0.0838. The third kappa shape index (κ3) is 3.02. The van der Waals surface area contributed by atoms with Gasteiger partial charge in [0.05, 0.1) is 13.2 Å². The Bertz CT molecular complexity index is 196. The summed E-state index contributed by atoms with van der Waals surface area (Å²) in [7, 11) is 0. The van der Waals surface area contributed by atoms with Crippen molar-refractivity contribution in [2.45, 2.75) is 19.4 Å². The van der Waals surface area contributed by atoms with Gasteiger partial charge in [-0.1, -0.05) is 6.92 Å². The van der Waals surface area contributed by atoms with Gasteiger partial charge in [0, 0.05) is 6.54 Å². The highest BCUT2D eigenvalue weighted by molar-refractivity contribution is 5.83. The van der Waals surface area contributed by atoms with Crippen LogP contribution in [0.15, 0.2) is 0 Å². The van der Waals surface area contributed by atoms with E-state index in [-0.39, 0.29) is 24.5 Å². The van der Waals surface area contributed by atoms with E-state index in [1.54, 1.807) is 0 Å². The number of nitrogens with one attached hydrogen (secondary N) is 2. The molecule has 0 saturated carbocycles. The van der Waals surface area contributed by atoms with Crippen LogP contribution in [0.4, 0.5) is 0 Å². The normalized spacial score (nSPS) is 22.2. The van der Waals surface area contributed by atoms with Crippen molar-refractivity contribution in [1.29, 1.82) is 0 Å². The molecule has 1 unspecified atom stereocenters. The van der Waals surface area contributed by atoms with Crippen LogP contribution in [-0.4, -0.2) is 37.6 Å². The van der Waals surface area contributed by atoms with Crippen LogP contribution in [0.25, 0.3) is 0 Å². The van der Waals surface area contributed by atoms with Crippen LogP contribution in [0.3, 0.4) is 0 Å². The van der Waals surface area contributed by atoms with Gasteiger partial charge in [-0.25, -0.2) is 0 Å². The summed E-state index contributed by atoms with van der Waals surface area (Å²) in [5.41, 5.74) is 0. The Morgan fingerprint density at radius 1 is 1.69 bits per heavy atom. The lowest BCUT2D eigenvalue weighted by molar-refractivity contribution is -0.146. The fraction of sp³-hybridized carbons (Fsp3) is 0.750. The molecular weight excluding hydrogens is 172 g/mol. The number of hydrogen-bond acceptors (Lipinski definition) is 4. The van der Waals surface area contributed by atoms with E-state index >= 15 is 0 Å². The second-order valence-electron chi connectivity index (χ2n) is 2.91. The molecule has 74 valence electrons. The van der Waals surface area contributed by atoms with Crippen LogP contribution in [0.5, 0.6) is 0 Å². The van der Waals surface area contributed by atoms with E-state index in [0.29, 0.717) is 13.2 Å². The molecular formula is C8H14N2O3. The van der Waals surface area contributed by atoms with E-state index in [1.807, 2.05) is 6.92 Å². The van der Waals surface area contributed by atoms with Crippen molar-refractivity contribution in [3.63, 3.8) is 0 Å². The van der Waals surface area contributed by atoms with E-state index < -0.39 is 0 Å². The number of carbonyl (C=O) groups is 2. The van der Waals surface area contributed by atoms with E-state index in [2.05, 4.69) is 10.6 Å². The number of hydrogen-bond donors (Lipinski definition) is 2. The van der Waals surface area contributed by atoms with Gasteiger partial charge in [-0.05, 0) is 6.42 Å². The molecule has 0 aromatic rings. The van der Waals surface area contributed by atoms with Gasteiger partial charge in [0.2, 0.25) is 5.91 Å². The quantitative estimate of drug-likeness (QED) is 0.556. The predicted molar refractivity (Wildman–Crippen MR) is 46.1 cm³/mol. The van der Waals surface area contributed by atoms with Crippen molar-refractivity contribution in [3.05, 3.63) is 0 Å². The first-order valence-electron chi connectivity index (χ1n) is 4.40. The van der Waals surface area contributed by atoms with Crippen LogP contribution >= 0.6 is 0 Å². The molecule has 1 atom stereocenters. The molecule has 5 heteroatoms. The van der Waals surface area contributed by atoms with Gasteiger partial charge in [0.15, 0.2) is 0 Å². The van der Waals surface area contributed by atoms with Crippen LogP contribution in [0.2, 0.25) is 0 Å². The zero-order valence-corrected chi connectivity index (χ0v) is 7.63. The van der Waals surface area contributed by atoms with Crippen molar-refractivity contribution in [2.75, 3.05) is 19.7 Å². The summed E-state index contributed by atoms with van der Waals surface area (Å²) >= 11 is 0. The third-order valence-corrected chi connectivity index (χ3v) is 1.75. The minimum atomic E-state index is -0.385. The molecule has 0 aliphatic carbocycles. The molecule has 0 aromatic heterocycles. The average Bonchev–Trinajstić information content (AvgIpc) is 2.15. The molecule has 0 spiro atoms. The topological polar surface area (TPSA) is 67.4 Å². The second kappa shape index (κ2) is 4.81. The van der Waals surface area contributed by atoms with Crippen molar-refractivity contribution in [1.82, 2.24) is 10.6 Å². The summed E-state index contributed by atoms with van der Waals surface area (Å²) in [6.45, 7) is 2.88. The summed E-state index contributed by atoms with van der Waals surface area (Å²) < 4.78 is 4.91. The first-order valence-corrected chi connectivity index (χ1v) is 4.40. The smallest absolute Gasteiger partial charge is 0.324 e. The molecule has 1 fully saturated rings. The Labute approximate surface area is 76.8 Å². The predicted octanol–water partition coefficient (Wildman–Crippen LogP) is -0.972. The number of carbonyl (C=O) groups excluding carboxylic acids is 2. The third-order valence-electron chi connectivity index (χ3n) is 1.75. The molecule has 13 heavy (non-hydrogen) atoms. The summed E-state index contributed by atoms with van der Waals surface area (Å²) in [6.07, 6.45) is 0.810. The minimum Gasteiger partial charge on any atom is -0.464 e. The highest BCUT2D eigenvalue weighted by atomic mass is 16.5. The lowest BCUT2D eigenvalue weighted by Crippen LogP contribution is -2.55. The van der Waals surface area contributed by atoms with Crippen molar-refractivity contribution in [3.8, 4) is 0 Å². The molecule has 1 heterocycles. The fourth-order valence-electron chi connectivity index (χ4n) is 1.04. The summed E-state index contributed by atoms with van der Waals surface area (Å²) in [5.74, 6) is -0.374. The second-order valence-corrected chi connectivity index (χ2v) is 2.91. The lowest BCUT2D eigenvalue weighted by atomic mass is 10.2. The van der Waals surface area contributed by atoms with Gasteiger partial charge < -0.3 is 10.1 Å². The number of esters is 1. The molecule has 1 rings (SSSR count).